The second kappa shape index (κ2) is 10.1. The van der Waals surface area contributed by atoms with Crippen LogP contribution in [0.3, 0.4) is 0 Å². The summed E-state index contributed by atoms with van der Waals surface area (Å²) in [6.45, 7) is 9.65. The van der Waals surface area contributed by atoms with Crippen molar-refractivity contribution in [1.82, 2.24) is 9.88 Å². The van der Waals surface area contributed by atoms with Gasteiger partial charge in [0.25, 0.3) is 0 Å². The summed E-state index contributed by atoms with van der Waals surface area (Å²) in [5.41, 5.74) is 5.39. The fourth-order valence-electron chi connectivity index (χ4n) is 4.44. The van der Waals surface area contributed by atoms with Crippen LogP contribution in [0.4, 0.5) is 5.69 Å². The van der Waals surface area contributed by atoms with Crippen molar-refractivity contribution in [2.45, 2.75) is 40.0 Å². The topological polar surface area (TPSA) is 28.6 Å². The summed E-state index contributed by atoms with van der Waals surface area (Å²) in [6, 6.07) is 21.0. The molecule has 7 heteroatoms. The van der Waals surface area contributed by atoms with Crippen molar-refractivity contribution < 1.29 is 29.9 Å². The zero-order valence-corrected chi connectivity index (χ0v) is 25.6. The quantitative estimate of drug-likeness (QED) is 0.174. The van der Waals surface area contributed by atoms with Crippen LogP contribution in [-0.2, 0) is 26.5 Å². The van der Waals surface area contributed by atoms with Crippen LogP contribution in [0, 0.1) is 18.8 Å². The van der Waals surface area contributed by atoms with Gasteiger partial charge in [0.2, 0.25) is 0 Å². The Kier molecular flexibility index (Phi) is 6.21. The molecule has 0 atom stereocenters. The van der Waals surface area contributed by atoms with E-state index in [0.717, 1.165) is 27.0 Å². The van der Waals surface area contributed by atoms with Crippen molar-refractivity contribution in [3.8, 4) is 22.1 Å². The molecule has 0 fully saturated rings. The molecule has 1 aliphatic rings. The number of hydrogen-bond donors (Lipinski definition) is 0. The van der Waals surface area contributed by atoms with Crippen molar-refractivity contribution in [1.29, 1.82) is 0 Å². The molecule has 0 aliphatic carbocycles. The van der Waals surface area contributed by atoms with Gasteiger partial charge in [-0.1, -0.05) is 43.2 Å². The third-order valence-corrected chi connectivity index (χ3v) is 8.59. The number of allylic oxidation sites excluding steroid dienone is 2. The number of nitrogens with zero attached hydrogens (tertiary/aromatic N) is 3. The van der Waals surface area contributed by atoms with E-state index in [4.69, 9.17) is 13.8 Å². The van der Waals surface area contributed by atoms with Gasteiger partial charge in [-0.25, -0.2) is 0 Å². The summed E-state index contributed by atoms with van der Waals surface area (Å²) >= 11 is 3.27. The minimum absolute atomic E-state index is 0. The van der Waals surface area contributed by atoms with Gasteiger partial charge >= 0.3 is 0 Å². The van der Waals surface area contributed by atoms with Gasteiger partial charge in [0.15, 0.2) is 0 Å². The van der Waals surface area contributed by atoms with Crippen molar-refractivity contribution in [2.24, 2.45) is 0 Å². The summed E-state index contributed by atoms with van der Waals surface area (Å²) in [5, 5.41) is 4.90. The van der Waals surface area contributed by atoms with Gasteiger partial charge in [-0.05, 0) is 60.4 Å². The molecule has 0 unspecified atom stereocenters. The van der Waals surface area contributed by atoms with Crippen LogP contribution in [0.2, 0.25) is 0 Å². The van der Waals surface area contributed by atoms with Crippen LogP contribution < -0.4 is 9.64 Å². The van der Waals surface area contributed by atoms with Gasteiger partial charge in [0.05, 0.1) is 0 Å². The zero-order chi connectivity index (χ0) is 28.4. The summed E-state index contributed by atoms with van der Waals surface area (Å²) in [5.74, 6) is 0.530. The predicted octanol–water partition coefficient (Wildman–Crippen LogP) is 8.99. The number of hydrogen-bond acceptors (Lipinski definition) is 6. The fourth-order valence-corrected chi connectivity index (χ4v) is 6.36. The maximum Gasteiger partial charge on any atom is 0.107 e. The monoisotopic (exact) mass is 720 g/mol. The van der Waals surface area contributed by atoms with Crippen molar-refractivity contribution in [3.05, 3.63) is 89.8 Å². The van der Waals surface area contributed by atoms with Gasteiger partial charge in [-0.2, -0.15) is 29.5 Å². The summed E-state index contributed by atoms with van der Waals surface area (Å²) in [6.07, 6.45) is 1.88. The fraction of sp³-hybridized carbons (Fsp3) is 0.226. The van der Waals surface area contributed by atoms with E-state index in [0.29, 0.717) is 22.2 Å². The van der Waals surface area contributed by atoms with Gasteiger partial charge < -0.3 is 14.5 Å². The van der Waals surface area contributed by atoms with E-state index in [1.165, 1.54) is 20.5 Å². The van der Waals surface area contributed by atoms with Crippen LogP contribution in [-0.4, -0.2) is 16.9 Å². The van der Waals surface area contributed by atoms with E-state index in [1.54, 1.807) is 36.3 Å². The molecule has 0 amide bonds. The van der Waals surface area contributed by atoms with E-state index < -0.39 is 6.98 Å². The number of anilines is 1. The molecule has 38 heavy (non-hydrogen) atoms. The Bertz CT molecular complexity index is 1790. The van der Waals surface area contributed by atoms with Crippen molar-refractivity contribution in [2.75, 3.05) is 11.9 Å². The average Bonchev–Trinajstić information content (AvgIpc) is 3.60. The van der Waals surface area contributed by atoms with Crippen LogP contribution in [0.1, 0.15) is 44.3 Å². The summed E-state index contributed by atoms with van der Waals surface area (Å²) in [7, 11) is 0. The molecule has 198 valence electrons. The number of aromatic nitrogens is 1. The molecular formula is C31H28N3OPtS2-3. The molecule has 2 aromatic carbocycles. The Labute approximate surface area is 251 Å². The minimum atomic E-state index is -2.26. The van der Waals surface area contributed by atoms with Gasteiger partial charge in [0.1, 0.15) is 5.06 Å². The Morgan fingerprint density at radius 1 is 1.08 bits per heavy atom. The number of thiophene rings is 2. The SMILES string of the molecule is [2H]C([2H])([2H])N1[CH-]N(c2[c-]c(Oc3[c-]c4c(-c5cc(C(C)(C)C)ccn5)cc5sccc5c4s3)ccc2)C(C)=C1C.[Pt]. The molecule has 0 saturated heterocycles. The second-order valence-corrected chi connectivity index (χ2v) is 12.1. The number of pyridine rings is 1. The largest absolute Gasteiger partial charge is 0.508 e. The maximum atomic E-state index is 7.84. The minimum Gasteiger partial charge on any atom is -0.508 e. The Morgan fingerprint density at radius 3 is 2.68 bits per heavy atom. The predicted molar refractivity (Wildman–Crippen MR) is 156 cm³/mol. The summed E-state index contributed by atoms with van der Waals surface area (Å²) in [4.78, 5) is 7.86. The van der Waals surface area contributed by atoms with Crippen LogP contribution in [0.25, 0.3) is 31.4 Å². The molecule has 0 saturated carbocycles. The van der Waals surface area contributed by atoms with Gasteiger partial charge in [-0.3, -0.25) is 4.98 Å². The van der Waals surface area contributed by atoms with E-state index in [-0.39, 0.29) is 26.5 Å². The number of ether oxygens (including phenoxy) is 1. The third kappa shape index (κ3) is 4.79. The first-order valence-corrected chi connectivity index (χ1v) is 13.7. The third-order valence-electron chi connectivity index (χ3n) is 6.73. The smallest absolute Gasteiger partial charge is 0.107 e. The van der Waals surface area contributed by atoms with Crippen molar-refractivity contribution in [3.63, 3.8) is 0 Å². The number of benzene rings is 2. The molecule has 4 nitrogen and oxygen atoms in total. The van der Waals surface area contributed by atoms with Crippen LogP contribution in [0.15, 0.2) is 65.4 Å². The van der Waals surface area contributed by atoms with E-state index in [1.807, 2.05) is 36.2 Å². The van der Waals surface area contributed by atoms with Crippen LogP contribution >= 0.6 is 22.7 Å². The first-order valence-electron chi connectivity index (χ1n) is 13.5. The molecule has 4 heterocycles. The van der Waals surface area contributed by atoms with Crippen molar-refractivity contribution >= 4 is 48.5 Å². The number of fused-ring (bicyclic) bond motifs is 3. The van der Waals surface area contributed by atoms with E-state index in [2.05, 4.69) is 62.5 Å². The van der Waals surface area contributed by atoms with E-state index in [9.17, 15) is 0 Å². The first kappa shape index (κ1) is 23.2. The van der Waals surface area contributed by atoms with Crippen LogP contribution in [0.5, 0.6) is 10.8 Å². The number of rotatable bonds is 4. The molecule has 6 rings (SSSR count). The normalized spacial score (nSPS) is 15.6. The second-order valence-electron chi connectivity index (χ2n) is 10.2. The zero-order valence-electron chi connectivity index (χ0n) is 24.7. The molecule has 1 aliphatic heterocycles. The Balaban J connectivity index is 0.00000337. The molecule has 0 N–H and O–H groups in total. The molecular weight excluding hydrogens is 690 g/mol. The molecule has 3 aromatic heterocycles. The van der Waals surface area contributed by atoms with Gasteiger partial charge in [0, 0.05) is 53.2 Å². The standard InChI is InChI=1S/C31H28N3OS2.Pt/c1-19-20(2)34(18-33(19)6)22-8-7-9-23(15-22)35-29-17-26-25(16-28-24(11-13-36-28)30(26)37-29)27-14-21(10-12-32-27)31(3,4)5;/h7-14,16,18H,1-6H3;/q-3;/i6D3;. The van der Waals surface area contributed by atoms with E-state index >= 15 is 0 Å². The summed E-state index contributed by atoms with van der Waals surface area (Å²) < 4.78 is 32.1. The average molecular weight is 721 g/mol. The molecule has 0 radical (unpaired) electrons. The Morgan fingerprint density at radius 2 is 1.92 bits per heavy atom. The Hall–Kier alpha value is -2.66. The molecule has 0 spiro atoms. The molecule has 0 bridgehead atoms. The first-order chi connectivity index (χ1) is 18.9. The molecule has 5 aromatic rings. The maximum absolute atomic E-state index is 7.84. The van der Waals surface area contributed by atoms with Gasteiger partial charge in [-0.15, -0.1) is 41.3 Å².